The van der Waals surface area contributed by atoms with Gasteiger partial charge in [-0.2, -0.15) is 0 Å². The Balaban J connectivity index is 1.78. The summed E-state index contributed by atoms with van der Waals surface area (Å²) in [6.07, 6.45) is 5.07. The van der Waals surface area contributed by atoms with E-state index in [1.165, 1.54) is 4.90 Å². The van der Waals surface area contributed by atoms with Gasteiger partial charge in [0.1, 0.15) is 0 Å². The number of imide groups is 1. The molecule has 2 fully saturated rings. The van der Waals surface area contributed by atoms with Crippen molar-refractivity contribution in [3.05, 3.63) is 40.4 Å². The van der Waals surface area contributed by atoms with Crippen LogP contribution in [0.4, 0.5) is 5.69 Å². The van der Waals surface area contributed by atoms with Crippen molar-refractivity contribution in [1.82, 2.24) is 0 Å². The van der Waals surface area contributed by atoms with Crippen LogP contribution < -0.4 is 4.90 Å². The zero-order chi connectivity index (χ0) is 14.0. The van der Waals surface area contributed by atoms with E-state index < -0.39 is 0 Å². The van der Waals surface area contributed by atoms with Crippen LogP contribution in [0.2, 0.25) is 10.0 Å². The maximum Gasteiger partial charge on any atom is 0.238 e. The Morgan fingerprint density at radius 2 is 1.60 bits per heavy atom. The van der Waals surface area contributed by atoms with Crippen molar-refractivity contribution in [3.8, 4) is 0 Å². The quantitative estimate of drug-likeness (QED) is 0.589. The van der Waals surface area contributed by atoms with Gasteiger partial charge in [0.05, 0.1) is 22.5 Å². The molecular formula is C15H11Cl2NO2. The fourth-order valence-electron chi connectivity index (χ4n) is 3.80. The summed E-state index contributed by atoms with van der Waals surface area (Å²) in [5.41, 5.74) is 0.444. The summed E-state index contributed by atoms with van der Waals surface area (Å²) in [4.78, 5) is 26.5. The van der Waals surface area contributed by atoms with Gasteiger partial charge in [-0.25, -0.2) is 4.90 Å². The van der Waals surface area contributed by atoms with Gasteiger partial charge in [-0.1, -0.05) is 35.4 Å². The molecule has 1 aromatic rings. The number of carbonyl (C=O) groups is 2. The van der Waals surface area contributed by atoms with E-state index in [1.807, 2.05) is 0 Å². The third-order valence-electron chi connectivity index (χ3n) is 4.62. The number of nitrogens with zero attached hydrogens (tertiary/aromatic N) is 1. The largest absolute Gasteiger partial charge is 0.274 e. The first-order valence-corrected chi connectivity index (χ1v) is 7.34. The molecule has 0 unspecified atom stereocenters. The number of carbonyl (C=O) groups excluding carboxylic acids is 2. The van der Waals surface area contributed by atoms with Crippen LogP contribution >= 0.6 is 23.2 Å². The molecule has 20 heavy (non-hydrogen) atoms. The molecule has 0 spiro atoms. The van der Waals surface area contributed by atoms with Crippen LogP contribution in [-0.4, -0.2) is 11.8 Å². The first kappa shape index (κ1) is 12.4. The lowest BCUT2D eigenvalue weighted by molar-refractivity contribution is -0.123. The van der Waals surface area contributed by atoms with Gasteiger partial charge in [-0.05, 0) is 36.5 Å². The van der Waals surface area contributed by atoms with E-state index in [1.54, 1.807) is 18.2 Å². The normalized spacial score (nSPS) is 34.2. The first-order valence-electron chi connectivity index (χ1n) is 6.59. The highest BCUT2D eigenvalue weighted by atomic mass is 35.5. The lowest BCUT2D eigenvalue weighted by atomic mass is 9.85. The number of benzene rings is 1. The summed E-state index contributed by atoms with van der Waals surface area (Å²) in [6, 6.07) is 4.83. The first-order chi connectivity index (χ1) is 9.58. The van der Waals surface area contributed by atoms with Gasteiger partial charge in [0.15, 0.2) is 0 Å². The Bertz CT molecular complexity index is 640. The average Bonchev–Trinajstić information content (AvgIpc) is 3.06. The number of allylic oxidation sites excluding steroid dienone is 2. The highest BCUT2D eigenvalue weighted by molar-refractivity contribution is 6.38. The lowest BCUT2D eigenvalue weighted by Gasteiger charge is -2.18. The van der Waals surface area contributed by atoms with Gasteiger partial charge in [0.25, 0.3) is 0 Å². The number of halogens is 2. The molecule has 1 saturated heterocycles. The van der Waals surface area contributed by atoms with E-state index >= 15 is 0 Å². The maximum atomic E-state index is 12.6. The fraction of sp³-hybridized carbons (Fsp3) is 0.333. The third kappa shape index (κ3) is 1.48. The van der Waals surface area contributed by atoms with Crippen molar-refractivity contribution >= 4 is 40.7 Å². The summed E-state index contributed by atoms with van der Waals surface area (Å²) in [6.45, 7) is 0. The van der Waals surface area contributed by atoms with Crippen LogP contribution in [-0.2, 0) is 9.59 Å². The molecule has 2 amide bonds. The molecule has 3 nitrogen and oxygen atoms in total. The molecule has 2 bridgehead atoms. The Labute approximate surface area is 126 Å². The molecule has 1 heterocycles. The molecule has 1 saturated carbocycles. The molecular weight excluding hydrogens is 297 g/mol. The van der Waals surface area contributed by atoms with Crippen molar-refractivity contribution in [1.29, 1.82) is 0 Å². The van der Waals surface area contributed by atoms with Crippen LogP contribution in [0.5, 0.6) is 0 Å². The summed E-state index contributed by atoms with van der Waals surface area (Å²) >= 11 is 12.0. The van der Waals surface area contributed by atoms with E-state index in [0.717, 1.165) is 6.42 Å². The zero-order valence-electron chi connectivity index (χ0n) is 10.4. The minimum Gasteiger partial charge on any atom is -0.274 e. The number of rotatable bonds is 1. The molecule has 102 valence electrons. The minimum absolute atomic E-state index is 0.124. The van der Waals surface area contributed by atoms with Crippen LogP contribution in [0.25, 0.3) is 0 Å². The molecule has 1 aliphatic heterocycles. The molecule has 4 atom stereocenters. The van der Waals surface area contributed by atoms with Crippen molar-refractivity contribution in [2.24, 2.45) is 23.7 Å². The predicted octanol–water partition coefficient (Wildman–Crippen LogP) is 3.30. The van der Waals surface area contributed by atoms with Gasteiger partial charge >= 0.3 is 0 Å². The van der Waals surface area contributed by atoms with Gasteiger partial charge < -0.3 is 0 Å². The molecule has 0 radical (unpaired) electrons. The third-order valence-corrected chi connectivity index (χ3v) is 5.16. The number of anilines is 1. The fourth-order valence-corrected chi connectivity index (χ4v) is 4.30. The SMILES string of the molecule is O=C1[C@H]2[C@H](C(=O)N1c1ccc(Cl)cc1Cl)[C@@H]1C=C[C@@H]2C1. The van der Waals surface area contributed by atoms with E-state index in [2.05, 4.69) is 12.2 Å². The molecule has 3 aliphatic rings. The second kappa shape index (κ2) is 4.09. The molecule has 5 heteroatoms. The van der Waals surface area contributed by atoms with Crippen LogP contribution in [0, 0.1) is 23.7 Å². The Morgan fingerprint density at radius 1 is 1.00 bits per heavy atom. The van der Waals surface area contributed by atoms with Crippen LogP contribution in [0.3, 0.4) is 0 Å². The molecule has 4 rings (SSSR count). The molecule has 0 aromatic heterocycles. The second-order valence-electron chi connectivity index (χ2n) is 5.61. The summed E-state index contributed by atoms with van der Waals surface area (Å²) in [7, 11) is 0. The standard InChI is InChI=1S/C15H11Cl2NO2/c16-9-3-4-11(10(17)6-9)18-14(19)12-7-1-2-8(5-7)13(12)15(18)20/h1-4,6-8,12-13H,5H2/t7-,8-,12-,13-/m1/s1. The molecule has 2 aliphatic carbocycles. The Morgan fingerprint density at radius 3 is 2.15 bits per heavy atom. The topological polar surface area (TPSA) is 37.4 Å². The van der Waals surface area contributed by atoms with Gasteiger partial charge in [-0.15, -0.1) is 0 Å². The van der Waals surface area contributed by atoms with Gasteiger partial charge in [-0.3, -0.25) is 9.59 Å². The molecule has 0 N–H and O–H groups in total. The zero-order valence-corrected chi connectivity index (χ0v) is 11.9. The maximum absolute atomic E-state index is 12.6. The molecule has 1 aromatic carbocycles. The monoisotopic (exact) mass is 307 g/mol. The van der Waals surface area contributed by atoms with Crippen molar-refractivity contribution in [2.45, 2.75) is 6.42 Å². The Kier molecular flexibility index (Phi) is 2.54. The second-order valence-corrected chi connectivity index (χ2v) is 6.45. The van der Waals surface area contributed by atoms with E-state index in [4.69, 9.17) is 23.2 Å². The average molecular weight is 308 g/mol. The van der Waals surface area contributed by atoms with E-state index in [0.29, 0.717) is 15.7 Å². The summed E-state index contributed by atoms with van der Waals surface area (Å²) in [5, 5.41) is 0.819. The number of hydrogen-bond donors (Lipinski definition) is 0. The highest BCUT2D eigenvalue weighted by Gasteiger charge is 2.59. The van der Waals surface area contributed by atoms with E-state index in [9.17, 15) is 9.59 Å². The van der Waals surface area contributed by atoms with Crippen molar-refractivity contribution in [2.75, 3.05) is 4.90 Å². The van der Waals surface area contributed by atoms with Gasteiger partial charge in [0.2, 0.25) is 11.8 Å². The minimum atomic E-state index is -0.204. The number of fused-ring (bicyclic) bond motifs is 5. The summed E-state index contributed by atoms with van der Waals surface area (Å²) in [5.74, 6) is -0.245. The smallest absolute Gasteiger partial charge is 0.238 e. The number of amides is 2. The lowest BCUT2D eigenvalue weighted by Crippen LogP contribution is -2.33. The van der Waals surface area contributed by atoms with Crippen LogP contribution in [0.15, 0.2) is 30.4 Å². The highest BCUT2D eigenvalue weighted by Crippen LogP contribution is 2.53. The van der Waals surface area contributed by atoms with E-state index in [-0.39, 0.29) is 35.5 Å². The number of hydrogen-bond acceptors (Lipinski definition) is 2. The van der Waals surface area contributed by atoms with Crippen LogP contribution in [0.1, 0.15) is 6.42 Å². The van der Waals surface area contributed by atoms with Crippen molar-refractivity contribution < 1.29 is 9.59 Å². The Hall–Kier alpha value is -1.32. The summed E-state index contributed by atoms with van der Waals surface area (Å²) < 4.78 is 0. The predicted molar refractivity (Wildman–Crippen MR) is 76.7 cm³/mol. The van der Waals surface area contributed by atoms with Gasteiger partial charge in [0, 0.05) is 5.02 Å². The van der Waals surface area contributed by atoms with Crippen molar-refractivity contribution in [3.63, 3.8) is 0 Å².